The summed E-state index contributed by atoms with van der Waals surface area (Å²) < 4.78 is 5.19. The molecule has 3 amide bonds. The molecule has 2 aromatic carbocycles. The van der Waals surface area contributed by atoms with E-state index in [1.807, 2.05) is 54.6 Å². The summed E-state index contributed by atoms with van der Waals surface area (Å²) >= 11 is 0. The van der Waals surface area contributed by atoms with Gasteiger partial charge in [0.15, 0.2) is 0 Å². The average Bonchev–Trinajstić information content (AvgIpc) is 2.98. The molecule has 9 heteroatoms. The van der Waals surface area contributed by atoms with Crippen LogP contribution in [0.25, 0.3) is 0 Å². The first-order valence-electron chi connectivity index (χ1n) is 13.9. The molecule has 2 aromatic rings. The van der Waals surface area contributed by atoms with Gasteiger partial charge in [0.05, 0.1) is 31.2 Å². The Balaban J connectivity index is 1.42. The number of hydrogen-bond acceptors (Lipinski definition) is 6. The molecule has 0 saturated carbocycles. The summed E-state index contributed by atoms with van der Waals surface area (Å²) in [5.74, 6) is -1.13. The molecule has 1 heterocycles. The van der Waals surface area contributed by atoms with E-state index < -0.39 is 18.1 Å². The third-order valence-electron chi connectivity index (χ3n) is 7.16. The van der Waals surface area contributed by atoms with Crippen LogP contribution in [0, 0.1) is 5.92 Å². The van der Waals surface area contributed by atoms with Crippen molar-refractivity contribution in [1.29, 1.82) is 0 Å². The maximum atomic E-state index is 13.3. The molecule has 1 aliphatic heterocycles. The predicted octanol–water partition coefficient (Wildman–Crippen LogP) is 3.09. The highest BCUT2D eigenvalue weighted by Crippen LogP contribution is 2.25. The first-order valence-corrected chi connectivity index (χ1v) is 13.9. The van der Waals surface area contributed by atoms with Gasteiger partial charge in [-0.2, -0.15) is 0 Å². The fourth-order valence-electron chi connectivity index (χ4n) is 4.86. The summed E-state index contributed by atoms with van der Waals surface area (Å²) in [6.45, 7) is 4.37. The molecule has 3 unspecified atom stereocenters. The molecule has 0 aromatic heterocycles. The van der Waals surface area contributed by atoms with E-state index in [1.165, 1.54) is 0 Å². The fourth-order valence-corrected chi connectivity index (χ4v) is 4.86. The highest BCUT2D eigenvalue weighted by atomic mass is 16.5. The molecule has 0 radical (unpaired) electrons. The molecule has 9 nitrogen and oxygen atoms in total. The maximum absolute atomic E-state index is 13.3. The van der Waals surface area contributed by atoms with E-state index in [-0.39, 0.29) is 44.1 Å². The van der Waals surface area contributed by atoms with Gasteiger partial charge in [0, 0.05) is 19.5 Å². The molecule has 4 N–H and O–H groups in total. The Morgan fingerprint density at radius 3 is 2.48 bits per heavy atom. The van der Waals surface area contributed by atoms with Crippen molar-refractivity contribution in [2.24, 2.45) is 5.92 Å². The van der Waals surface area contributed by atoms with Crippen LogP contribution in [0.5, 0.6) is 0 Å². The number of unbranched alkanes of at least 4 members (excludes halogenated alkanes) is 1. The molecule has 1 aliphatic rings. The molecule has 0 saturated heterocycles. The van der Waals surface area contributed by atoms with Crippen LogP contribution in [-0.2, 0) is 33.9 Å². The number of hydrogen-bond donors (Lipinski definition) is 4. The molecule has 40 heavy (non-hydrogen) atoms. The maximum Gasteiger partial charge on any atom is 0.407 e. The minimum atomic E-state index is -0.628. The van der Waals surface area contributed by atoms with Crippen LogP contribution < -0.4 is 10.6 Å². The molecule has 3 rings (SSSR count). The highest BCUT2D eigenvalue weighted by molar-refractivity contribution is 5.86. The van der Waals surface area contributed by atoms with Crippen LogP contribution in [0.2, 0.25) is 0 Å². The van der Waals surface area contributed by atoms with E-state index in [9.17, 15) is 24.6 Å². The minimum absolute atomic E-state index is 0.0102. The van der Waals surface area contributed by atoms with Crippen molar-refractivity contribution in [3.8, 4) is 0 Å². The SMILES string of the molecule is C=CCC(CC(=O)N1Cc2ccccc2CC1CO)C(=O)NC(CO)CCCCNC(=O)OCc1ccccc1. The van der Waals surface area contributed by atoms with E-state index >= 15 is 0 Å². The summed E-state index contributed by atoms with van der Waals surface area (Å²) in [7, 11) is 0. The number of nitrogens with one attached hydrogen (secondary N) is 2. The minimum Gasteiger partial charge on any atom is -0.445 e. The number of allylic oxidation sites excluding steroid dienone is 1. The van der Waals surface area contributed by atoms with Crippen molar-refractivity contribution in [2.75, 3.05) is 19.8 Å². The van der Waals surface area contributed by atoms with Gasteiger partial charge in [-0.1, -0.05) is 60.7 Å². The Kier molecular flexibility index (Phi) is 12.7. The summed E-state index contributed by atoms with van der Waals surface area (Å²) in [5.41, 5.74) is 3.07. The summed E-state index contributed by atoms with van der Waals surface area (Å²) in [6.07, 6.45) is 3.84. The van der Waals surface area contributed by atoms with Gasteiger partial charge in [-0.15, -0.1) is 6.58 Å². The first kappa shape index (κ1) is 30.8. The van der Waals surface area contributed by atoms with Gasteiger partial charge in [-0.3, -0.25) is 9.59 Å². The van der Waals surface area contributed by atoms with E-state index in [2.05, 4.69) is 17.2 Å². The number of carbonyl (C=O) groups excluding carboxylic acids is 3. The van der Waals surface area contributed by atoms with Crippen LogP contribution in [-0.4, -0.2) is 64.9 Å². The largest absolute Gasteiger partial charge is 0.445 e. The molecule has 3 atom stereocenters. The van der Waals surface area contributed by atoms with Crippen LogP contribution in [0.15, 0.2) is 67.3 Å². The molecule has 0 aliphatic carbocycles. The van der Waals surface area contributed by atoms with Crippen LogP contribution in [0.1, 0.15) is 48.8 Å². The normalized spacial score (nSPS) is 15.8. The molecule has 0 spiro atoms. The summed E-state index contributed by atoms with van der Waals surface area (Å²) in [6, 6.07) is 16.5. The number of fused-ring (bicyclic) bond motifs is 1. The standard InChI is InChI=1S/C31H41N3O6/c1-2-10-25(18-29(37)34-19-26-14-7-6-13-24(26)17-28(34)21-36)30(38)33-27(20-35)15-8-9-16-32-31(39)40-22-23-11-4-3-5-12-23/h2-7,11-14,25,27-28,35-36H,1,8-10,15-22H2,(H,32,39)(H,33,38). The Bertz CT molecular complexity index is 1110. The number of carbonyl (C=O) groups is 3. The van der Waals surface area contributed by atoms with E-state index in [1.54, 1.807) is 11.0 Å². The lowest BCUT2D eigenvalue weighted by Gasteiger charge is -2.36. The van der Waals surface area contributed by atoms with Crippen molar-refractivity contribution in [3.63, 3.8) is 0 Å². The third-order valence-corrected chi connectivity index (χ3v) is 7.16. The molecular weight excluding hydrogens is 510 g/mol. The summed E-state index contributed by atoms with van der Waals surface area (Å²) in [5, 5.41) is 25.3. The first-order chi connectivity index (χ1) is 19.4. The smallest absolute Gasteiger partial charge is 0.407 e. The number of amides is 3. The number of aliphatic hydroxyl groups is 2. The quantitative estimate of drug-likeness (QED) is 0.199. The van der Waals surface area contributed by atoms with E-state index in [4.69, 9.17) is 4.74 Å². The van der Waals surface area contributed by atoms with Crippen LogP contribution >= 0.6 is 0 Å². The molecule has 216 valence electrons. The van der Waals surface area contributed by atoms with Crippen molar-refractivity contribution in [2.45, 2.75) is 63.8 Å². The Morgan fingerprint density at radius 2 is 1.77 bits per heavy atom. The fraction of sp³-hybridized carbons (Fsp3) is 0.452. The number of alkyl carbamates (subject to hydrolysis) is 1. The second kappa shape index (κ2) is 16.4. The van der Waals surface area contributed by atoms with Crippen LogP contribution in [0.3, 0.4) is 0 Å². The highest BCUT2D eigenvalue weighted by Gasteiger charge is 2.32. The predicted molar refractivity (Wildman–Crippen MR) is 152 cm³/mol. The molecule has 0 fully saturated rings. The van der Waals surface area contributed by atoms with Crippen LogP contribution in [0.4, 0.5) is 4.79 Å². The second-order valence-electron chi connectivity index (χ2n) is 10.1. The lowest BCUT2D eigenvalue weighted by atomic mass is 9.92. The van der Waals surface area contributed by atoms with Gasteiger partial charge >= 0.3 is 6.09 Å². The zero-order valence-electron chi connectivity index (χ0n) is 23.0. The monoisotopic (exact) mass is 551 g/mol. The van der Waals surface area contributed by atoms with Gasteiger partial charge in [0.1, 0.15) is 6.61 Å². The molecular formula is C31H41N3O6. The van der Waals surface area contributed by atoms with E-state index in [0.717, 1.165) is 16.7 Å². The zero-order valence-corrected chi connectivity index (χ0v) is 23.0. The van der Waals surface area contributed by atoms with Gasteiger partial charge in [0.25, 0.3) is 0 Å². The third kappa shape index (κ3) is 9.50. The lowest BCUT2D eigenvalue weighted by molar-refractivity contribution is -0.140. The second-order valence-corrected chi connectivity index (χ2v) is 10.1. The van der Waals surface area contributed by atoms with Crippen molar-refractivity contribution in [1.82, 2.24) is 15.5 Å². The lowest BCUT2D eigenvalue weighted by Crippen LogP contribution is -2.48. The Hall–Kier alpha value is -3.69. The van der Waals surface area contributed by atoms with Gasteiger partial charge in [-0.05, 0) is 48.8 Å². The van der Waals surface area contributed by atoms with Crippen molar-refractivity contribution >= 4 is 17.9 Å². The average molecular weight is 552 g/mol. The zero-order chi connectivity index (χ0) is 28.7. The topological polar surface area (TPSA) is 128 Å². The van der Waals surface area contributed by atoms with Crippen molar-refractivity contribution < 1.29 is 29.3 Å². The van der Waals surface area contributed by atoms with Gasteiger partial charge < -0.3 is 30.5 Å². The number of benzene rings is 2. The Morgan fingerprint density at radius 1 is 1.05 bits per heavy atom. The number of nitrogens with zero attached hydrogens (tertiary/aromatic N) is 1. The van der Waals surface area contributed by atoms with Gasteiger partial charge in [-0.25, -0.2) is 4.79 Å². The summed E-state index contributed by atoms with van der Waals surface area (Å²) in [4.78, 5) is 39.9. The Labute approximate surface area is 236 Å². The van der Waals surface area contributed by atoms with Crippen molar-refractivity contribution in [3.05, 3.63) is 83.9 Å². The number of aliphatic hydroxyl groups excluding tert-OH is 2. The molecule has 0 bridgehead atoms. The number of ether oxygens (including phenoxy) is 1. The van der Waals surface area contributed by atoms with E-state index in [0.29, 0.717) is 45.2 Å². The number of rotatable bonds is 15. The van der Waals surface area contributed by atoms with Gasteiger partial charge in [0.2, 0.25) is 11.8 Å².